The van der Waals surface area contributed by atoms with Crippen LogP contribution in [0.1, 0.15) is 37.9 Å². The fourth-order valence-electron chi connectivity index (χ4n) is 2.29. The van der Waals surface area contributed by atoms with Crippen molar-refractivity contribution in [1.82, 2.24) is 20.1 Å². The quantitative estimate of drug-likeness (QED) is 0.881. The second-order valence-electron chi connectivity index (χ2n) is 4.82. The monoisotopic (exact) mass is 246 g/mol. The number of pyridine rings is 1. The van der Waals surface area contributed by atoms with E-state index in [2.05, 4.69) is 35.3 Å². The van der Waals surface area contributed by atoms with Crippen LogP contribution >= 0.6 is 0 Å². The van der Waals surface area contributed by atoms with E-state index in [1.54, 1.807) is 0 Å². The normalized spacial score (nSPS) is 11.6. The van der Waals surface area contributed by atoms with Crippen LogP contribution in [0.5, 0.6) is 0 Å². The molecule has 0 radical (unpaired) electrons. The molecular formula is C14H22N4. The molecule has 0 bridgehead atoms. The van der Waals surface area contributed by atoms with Gasteiger partial charge in [0.1, 0.15) is 0 Å². The van der Waals surface area contributed by atoms with Gasteiger partial charge in [-0.2, -0.15) is 5.10 Å². The Kier molecular flexibility index (Phi) is 3.97. The van der Waals surface area contributed by atoms with Crippen molar-refractivity contribution in [1.29, 1.82) is 0 Å². The zero-order valence-corrected chi connectivity index (χ0v) is 11.7. The molecule has 0 aliphatic carbocycles. The first-order valence-corrected chi connectivity index (χ1v) is 6.67. The Morgan fingerprint density at radius 1 is 1.33 bits per heavy atom. The fourth-order valence-corrected chi connectivity index (χ4v) is 2.29. The number of fused-ring (bicyclic) bond motifs is 1. The summed E-state index contributed by atoms with van der Waals surface area (Å²) in [7, 11) is 1.93. The average Bonchev–Trinajstić information content (AvgIpc) is 2.66. The maximum Gasteiger partial charge on any atom is 0.157 e. The third kappa shape index (κ3) is 2.53. The highest BCUT2D eigenvalue weighted by atomic mass is 15.3. The zero-order valence-electron chi connectivity index (χ0n) is 11.7. The minimum atomic E-state index is 0.593. The Labute approximate surface area is 108 Å². The molecule has 0 unspecified atom stereocenters. The molecule has 0 saturated heterocycles. The predicted octanol–water partition coefficient (Wildman–Crippen LogP) is 2.55. The maximum absolute atomic E-state index is 4.49. The van der Waals surface area contributed by atoms with E-state index in [4.69, 9.17) is 0 Å². The molecule has 0 aliphatic rings. The number of aromatic nitrogens is 3. The van der Waals surface area contributed by atoms with Crippen molar-refractivity contribution >= 4 is 11.0 Å². The molecular weight excluding hydrogens is 224 g/mol. The van der Waals surface area contributed by atoms with Gasteiger partial charge in [-0.3, -0.25) is 4.68 Å². The third-order valence-corrected chi connectivity index (χ3v) is 3.50. The molecule has 2 heterocycles. The van der Waals surface area contributed by atoms with E-state index < -0.39 is 0 Å². The van der Waals surface area contributed by atoms with Crippen molar-refractivity contribution in [3.05, 3.63) is 23.5 Å². The zero-order chi connectivity index (χ0) is 13.1. The lowest BCUT2D eigenvalue weighted by Crippen LogP contribution is -2.27. The van der Waals surface area contributed by atoms with Gasteiger partial charge < -0.3 is 5.32 Å². The van der Waals surface area contributed by atoms with Crippen LogP contribution in [-0.4, -0.2) is 20.8 Å². The summed E-state index contributed by atoms with van der Waals surface area (Å²) in [6.45, 7) is 7.34. The van der Waals surface area contributed by atoms with Crippen LogP contribution in [0.15, 0.2) is 12.3 Å². The Balaban J connectivity index is 2.17. The van der Waals surface area contributed by atoms with Gasteiger partial charge in [0.2, 0.25) is 0 Å². The molecule has 2 aromatic rings. The Hall–Kier alpha value is -1.42. The molecule has 4 heteroatoms. The molecule has 0 aliphatic heterocycles. The van der Waals surface area contributed by atoms with Crippen molar-refractivity contribution < 1.29 is 0 Å². The average molecular weight is 246 g/mol. The van der Waals surface area contributed by atoms with Crippen molar-refractivity contribution in [2.24, 2.45) is 7.05 Å². The van der Waals surface area contributed by atoms with Crippen LogP contribution in [-0.2, 0) is 13.6 Å². The van der Waals surface area contributed by atoms with Gasteiger partial charge in [0.25, 0.3) is 0 Å². The topological polar surface area (TPSA) is 42.7 Å². The van der Waals surface area contributed by atoms with Gasteiger partial charge in [0.05, 0.1) is 5.69 Å². The minimum absolute atomic E-state index is 0.593. The lowest BCUT2D eigenvalue weighted by Gasteiger charge is -2.14. The largest absolute Gasteiger partial charge is 0.310 e. The summed E-state index contributed by atoms with van der Waals surface area (Å²) >= 11 is 0. The van der Waals surface area contributed by atoms with Gasteiger partial charge in [0, 0.05) is 31.2 Å². The molecule has 0 spiro atoms. The molecule has 98 valence electrons. The predicted molar refractivity (Wildman–Crippen MR) is 74.5 cm³/mol. The summed E-state index contributed by atoms with van der Waals surface area (Å²) < 4.78 is 1.84. The van der Waals surface area contributed by atoms with E-state index in [-0.39, 0.29) is 0 Å². The fraction of sp³-hybridized carbons (Fsp3) is 0.571. The van der Waals surface area contributed by atoms with E-state index >= 15 is 0 Å². The van der Waals surface area contributed by atoms with E-state index in [1.165, 1.54) is 5.56 Å². The van der Waals surface area contributed by atoms with E-state index in [0.29, 0.717) is 6.04 Å². The molecule has 0 amide bonds. The summed E-state index contributed by atoms with van der Waals surface area (Å²) in [6, 6.07) is 2.79. The van der Waals surface area contributed by atoms with Gasteiger partial charge in [-0.1, -0.05) is 13.8 Å². The van der Waals surface area contributed by atoms with E-state index in [0.717, 1.165) is 36.1 Å². The lowest BCUT2D eigenvalue weighted by atomic mass is 10.1. The van der Waals surface area contributed by atoms with Crippen LogP contribution < -0.4 is 5.32 Å². The first-order chi connectivity index (χ1) is 8.65. The molecule has 4 nitrogen and oxygen atoms in total. The molecule has 0 aromatic carbocycles. The highest BCUT2D eigenvalue weighted by molar-refractivity contribution is 5.78. The van der Waals surface area contributed by atoms with Gasteiger partial charge in [-0.15, -0.1) is 0 Å². The molecule has 2 aromatic heterocycles. The molecule has 0 atom stereocenters. The van der Waals surface area contributed by atoms with Gasteiger partial charge >= 0.3 is 0 Å². The van der Waals surface area contributed by atoms with E-state index in [1.807, 2.05) is 24.9 Å². The summed E-state index contributed by atoms with van der Waals surface area (Å²) in [5.74, 6) is 0. The van der Waals surface area contributed by atoms with E-state index in [9.17, 15) is 0 Å². The first-order valence-electron chi connectivity index (χ1n) is 6.67. The Morgan fingerprint density at radius 3 is 2.72 bits per heavy atom. The number of hydrogen-bond donors (Lipinski definition) is 1. The molecule has 0 fully saturated rings. The summed E-state index contributed by atoms with van der Waals surface area (Å²) in [6.07, 6.45) is 4.27. The van der Waals surface area contributed by atoms with Crippen LogP contribution in [0.25, 0.3) is 11.0 Å². The Bertz CT molecular complexity index is 526. The highest BCUT2D eigenvalue weighted by Crippen LogP contribution is 2.16. The summed E-state index contributed by atoms with van der Waals surface area (Å²) in [5.41, 5.74) is 3.23. The number of hydrogen-bond acceptors (Lipinski definition) is 3. The summed E-state index contributed by atoms with van der Waals surface area (Å²) in [4.78, 5) is 4.49. The van der Waals surface area contributed by atoms with Gasteiger partial charge in [-0.05, 0) is 31.4 Å². The van der Waals surface area contributed by atoms with Crippen LogP contribution in [0.2, 0.25) is 0 Å². The van der Waals surface area contributed by atoms with Gasteiger partial charge in [0.15, 0.2) is 5.65 Å². The molecule has 18 heavy (non-hydrogen) atoms. The van der Waals surface area contributed by atoms with Crippen LogP contribution in [0.4, 0.5) is 0 Å². The molecule has 2 rings (SSSR count). The first kappa shape index (κ1) is 13.0. The SMILES string of the molecule is CCC(CC)NCc1cnc2c(c1)c(C)nn2C. The number of rotatable bonds is 5. The second-order valence-corrected chi connectivity index (χ2v) is 4.82. The number of nitrogens with zero attached hydrogens (tertiary/aromatic N) is 3. The van der Waals surface area contributed by atoms with Crippen molar-refractivity contribution in [3.63, 3.8) is 0 Å². The van der Waals surface area contributed by atoms with Gasteiger partial charge in [-0.25, -0.2) is 4.98 Å². The third-order valence-electron chi connectivity index (χ3n) is 3.50. The standard InChI is InChI=1S/C14H22N4/c1-5-12(6-2)15-8-11-7-13-10(3)17-18(4)14(13)16-9-11/h7,9,12,15H,5-6,8H2,1-4H3. The molecule has 1 N–H and O–H groups in total. The second kappa shape index (κ2) is 5.48. The smallest absolute Gasteiger partial charge is 0.157 e. The van der Waals surface area contributed by atoms with Crippen LogP contribution in [0.3, 0.4) is 0 Å². The number of nitrogens with one attached hydrogen (secondary N) is 1. The highest BCUT2D eigenvalue weighted by Gasteiger charge is 2.08. The number of aryl methyl sites for hydroxylation is 2. The van der Waals surface area contributed by atoms with Crippen molar-refractivity contribution in [2.75, 3.05) is 0 Å². The molecule has 0 saturated carbocycles. The van der Waals surface area contributed by atoms with Crippen LogP contribution in [0, 0.1) is 6.92 Å². The maximum atomic E-state index is 4.49. The summed E-state index contributed by atoms with van der Waals surface area (Å²) in [5, 5.41) is 9.11. The van der Waals surface area contributed by atoms with Crippen molar-refractivity contribution in [3.8, 4) is 0 Å². The van der Waals surface area contributed by atoms with Crippen molar-refractivity contribution in [2.45, 2.75) is 46.2 Å². The Morgan fingerprint density at radius 2 is 2.06 bits per heavy atom. The lowest BCUT2D eigenvalue weighted by molar-refractivity contribution is 0.484. The minimum Gasteiger partial charge on any atom is -0.310 e.